The minimum atomic E-state index is -0.681. The van der Waals surface area contributed by atoms with Crippen LogP contribution in [0.3, 0.4) is 0 Å². The Labute approximate surface area is 179 Å². The van der Waals surface area contributed by atoms with Crippen molar-refractivity contribution in [2.75, 3.05) is 7.11 Å². The van der Waals surface area contributed by atoms with Gasteiger partial charge in [0.05, 0.1) is 7.11 Å². The van der Waals surface area contributed by atoms with Crippen LogP contribution in [0, 0.1) is 0 Å². The van der Waals surface area contributed by atoms with Gasteiger partial charge in [0.15, 0.2) is 5.78 Å². The fourth-order valence-corrected chi connectivity index (χ4v) is 2.76. The number of carbonyl (C=O) groups excluding carboxylic acids is 3. The van der Waals surface area contributed by atoms with Crippen LogP contribution < -0.4 is 14.2 Å². The molecule has 0 bridgehead atoms. The summed E-state index contributed by atoms with van der Waals surface area (Å²) < 4.78 is 15.7. The van der Waals surface area contributed by atoms with Gasteiger partial charge in [0.1, 0.15) is 22.8 Å². The summed E-state index contributed by atoms with van der Waals surface area (Å²) in [7, 11) is 1.56. The molecule has 0 atom stereocenters. The van der Waals surface area contributed by atoms with Crippen LogP contribution in [0.2, 0.25) is 0 Å². The molecule has 0 aliphatic rings. The molecule has 0 aromatic heterocycles. The number of benzene rings is 3. The van der Waals surface area contributed by atoms with E-state index in [4.69, 9.17) is 14.2 Å². The smallest absolute Gasteiger partial charge is 0.347 e. The number of allylic oxidation sites excluding steroid dienone is 1. The molecule has 3 aromatic carbocycles. The highest BCUT2D eigenvalue weighted by atomic mass is 16.5. The van der Waals surface area contributed by atoms with Gasteiger partial charge in [-0.05, 0) is 54.6 Å². The fourth-order valence-electron chi connectivity index (χ4n) is 2.76. The first kappa shape index (κ1) is 21.5. The van der Waals surface area contributed by atoms with Gasteiger partial charge in [-0.3, -0.25) is 9.59 Å². The van der Waals surface area contributed by atoms with Crippen molar-refractivity contribution in [1.29, 1.82) is 0 Å². The van der Waals surface area contributed by atoms with E-state index in [9.17, 15) is 14.4 Å². The van der Waals surface area contributed by atoms with E-state index in [0.717, 1.165) is 0 Å². The summed E-state index contributed by atoms with van der Waals surface area (Å²) >= 11 is 0. The molecular formula is C25H20O6. The van der Waals surface area contributed by atoms with Crippen molar-refractivity contribution in [3.63, 3.8) is 0 Å². The number of hydrogen-bond acceptors (Lipinski definition) is 6. The van der Waals surface area contributed by atoms with Gasteiger partial charge in [0, 0.05) is 18.1 Å². The van der Waals surface area contributed by atoms with Crippen LogP contribution in [0.1, 0.15) is 33.2 Å². The molecule has 0 saturated carbocycles. The van der Waals surface area contributed by atoms with E-state index in [0.29, 0.717) is 16.9 Å². The van der Waals surface area contributed by atoms with Crippen LogP contribution in [-0.2, 0) is 4.79 Å². The number of rotatable bonds is 7. The molecule has 0 spiro atoms. The Morgan fingerprint density at radius 1 is 0.774 bits per heavy atom. The maximum atomic E-state index is 12.7. The molecule has 6 heteroatoms. The Hall–Kier alpha value is -4.19. The molecule has 3 rings (SSSR count). The van der Waals surface area contributed by atoms with Crippen LogP contribution in [0.15, 0.2) is 78.9 Å². The third-order valence-electron chi connectivity index (χ3n) is 4.27. The van der Waals surface area contributed by atoms with Crippen LogP contribution in [0.5, 0.6) is 17.2 Å². The summed E-state index contributed by atoms with van der Waals surface area (Å²) in [5, 5.41) is 0. The van der Waals surface area contributed by atoms with Crippen molar-refractivity contribution in [1.82, 2.24) is 0 Å². The van der Waals surface area contributed by atoms with Gasteiger partial charge in [0.2, 0.25) is 0 Å². The van der Waals surface area contributed by atoms with Crippen molar-refractivity contribution in [3.8, 4) is 17.2 Å². The highest BCUT2D eigenvalue weighted by molar-refractivity contribution is 6.07. The van der Waals surface area contributed by atoms with E-state index in [1.54, 1.807) is 73.8 Å². The molecule has 0 N–H and O–H groups in total. The fraction of sp³-hybridized carbons (Fsp3) is 0.0800. The molecule has 3 aromatic rings. The van der Waals surface area contributed by atoms with Crippen molar-refractivity contribution in [3.05, 3.63) is 95.6 Å². The minimum absolute atomic E-state index is 0.114. The molecular weight excluding hydrogens is 396 g/mol. The van der Waals surface area contributed by atoms with Crippen LogP contribution in [-0.4, -0.2) is 24.8 Å². The average molecular weight is 416 g/mol. The molecule has 31 heavy (non-hydrogen) atoms. The van der Waals surface area contributed by atoms with E-state index in [2.05, 4.69) is 0 Å². The van der Waals surface area contributed by atoms with Crippen LogP contribution in [0.4, 0.5) is 0 Å². The number of ether oxygens (including phenoxy) is 3. The predicted molar refractivity (Wildman–Crippen MR) is 116 cm³/mol. The van der Waals surface area contributed by atoms with Gasteiger partial charge in [-0.1, -0.05) is 30.3 Å². The highest BCUT2D eigenvalue weighted by Crippen LogP contribution is 2.24. The van der Waals surface area contributed by atoms with Gasteiger partial charge >= 0.3 is 11.9 Å². The number of esters is 2. The molecule has 156 valence electrons. The second kappa shape index (κ2) is 10.0. The van der Waals surface area contributed by atoms with E-state index in [1.807, 2.05) is 0 Å². The molecule has 0 radical (unpaired) electrons. The monoisotopic (exact) mass is 416 g/mol. The first-order chi connectivity index (χ1) is 15.0. The Morgan fingerprint density at radius 3 is 2.10 bits per heavy atom. The van der Waals surface area contributed by atoms with Gasteiger partial charge in [-0.15, -0.1) is 0 Å². The zero-order valence-corrected chi connectivity index (χ0v) is 17.0. The summed E-state index contributed by atoms with van der Waals surface area (Å²) in [6.07, 6.45) is 2.98. The van der Waals surface area contributed by atoms with Crippen LogP contribution >= 0.6 is 0 Å². The normalized spacial score (nSPS) is 10.5. The highest BCUT2D eigenvalue weighted by Gasteiger charge is 2.17. The lowest BCUT2D eigenvalue weighted by atomic mass is 10.1. The standard InChI is InChI=1S/C25H20O6/c1-17(26)30-24-10-6-4-8-21(24)25(28)31-23-9-5-3-7-19(23)13-16-22(27)18-11-14-20(29-2)15-12-18/h3-16H,1-2H3/b16-13+. The number of para-hydroxylation sites is 2. The molecule has 0 unspecified atom stereocenters. The number of ketones is 1. The summed E-state index contributed by atoms with van der Waals surface area (Å²) in [4.78, 5) is 36.4. The number of carbonyl (C=O) groups is 3. The molecule has 0 aliphatic heterocycles. The Bertz CT molecular complexity index is 1130. The summed E-state index contributed by atoms with van der Waals surface area (Å²) in [5.41, 5.74) is 1.16. The number of hydrogen-bond donors (Lipinski definition) is 0. The minimum Gasteiger partial charge on any atom is -0.497 e. The summed E-state index contributed by atoms with van der Waals surface area (Å²) in [6, 6.07) is 19.9. The Morgan fingerprint density at radius 2 is 1.42 bits per heavy atom. The van der Waals surface area contributed by atoms with Gasteiger partial charge in [-0.25, -0.2) is 4.79 Å². The molecule has 0 aliphatic carbocycles. The summed E-state index contributed by atoms with van der Waals surface area (Å²) in [5.74, 6) is -0.387. The van der Waals surface area contributed by atoms with Gasteiger partial charge in [-0.2, -0.15) is 0 Å². The molecule has 0 fully saturated rings. The second-order valence-corrected chi connectivity index (χ2v) is 6.44. The van der Waals surface area contributed by atoms with Gasteiger partial charge < -0.3 is 14.2 Å². The second-order valence-electron chi connectivity index (χ2n) is 6.44. The zero-order chi connectivity index (χ0) is 22.2. The Balaban J connectivity index is 1.79. The SMILES string of the molecule is COc1ccc(C(=O)/C=C/c2ccccc2OC(=O)c2ccccc2OC(C)=O)cc1. The topological polar surface area (TPSA) is 78.9 Å². The lowest BCUT2D eigenvalue weighted by Crippen LogP contribution is -2.13. The summed E-state index contributed by atoms with van der Waals surface area (Å²) in [6.45, 7) is 1.25. The van der Waals surface area contributed by atoms with E-state index < -0.39 is 11.9 Å². The van der Waals surface area contributed by atoms with Crippen molar-refractivity contribution in [2.45, 2.75) is 6.92 Å². The first-order valence-electron chi connectivity index (χ1n) is 9.43. The van der Waals surface area contributed by atoms with Crippen molar-refractivity contribution in [2.24, 2.45) is 0 Å². The maximum Gasteiger partial charge on any atom is 0.347 e. The first-order valence-corrected chi connectivity index (χ1v) is 9.43. The third-order valence-corrected chi connectivity index (χ3v) is 4.27. The third kappa shape index (κ3) is 5.67. The molecule has 0 saturated heterocycles. The average Bonchev–Trinajstić information content (AvgIpc) is 2.78. The largest absolute Gasteiger partial charge is 0.497 e. The molecule has 0 heterocycles. The van der Waals surface area contributed by atoms with Crippen molar-refractivity contribution >= 4 is 23.8 Å². The van der Waals surface area contributed by atoms with E-state index in [-0.39, 0.29) is 22.8 Å². The van der Waals surface area contributed by atoms with Gasteiger partial charge in [0.25, 0.3) is 0 Å². The van der Waals surface area contributed by atoms with E-state index in [1.165, 1.54) is 25.1 Å². The Kier molecular flexibility index (Phi) is 6.96. The predicted octanol–water partition coefficient (Wildman–Crippen LogP) is 4.74. The zero-order valence-electron chi connectivity index (χ0n) is 17.0. The lowest BCUT2D eigenvalue weighted by Gasteiger charge is -2.10. The maximum absolute atomic E-state index is 12.7. The lowest BCUT2D eigenvalue weighted by molar-refractivity contribution is -0.131. The van der Waals surface area contributed by atoms with Crippen LogP contribution in [0.25, 0.3) is 6.08 Å². The number of methoxy groups -OCH3 is 1. The van der Waals surface area contributed by atoms with E-state index >= 15 is 0 Å². The molecule has 6 nitrogen and oxygen atoms in total. The quantitative estimate of drug-likeness (QED) is 0.240. The molecule has 0 amide bonds. The van der Waals surface area contributed by atoms with Crippen molar-refractivity contribution < 1.29 is 28.6 Å².